The fourth-order valence-corrected chi connectivity index (χ4v) is 3.92. The van der Waals surface area contributed by atoms with Crippen LogP contribution in [-0.4, -0.2) is 21.1 Å². The number of hydrogen-bond acceptors (Lipinski definition) is 5. The first-order valence-electron chi connectivity index (χ1n) is 9.07. The summed E-state index contributed by atoms with van der Waals surface area (Å²) in [5.74, 6) is 0.336. The molecule has 1 fully saturated rings. The van der Waals surface area contributed by atoms with Crippen molar-refractivity contribution in [3.05, 3.63) is 59.9 Å². The summed E-state index contributed by atoms with van der Waals surface area (Å²) < 4.78 is 0. The molecule has 0 spiro atoms. The van der Waals surface area contributed by atoms with Crippen LogP contribution >= 0.6 is 11.3 Å². The maximum absolute atomic E-state index is 12.5. The van der Waals surface area contributed by atoms with E-state index in [2.05, 4.69) is 65.5 Å². The molecule has 1 aliphatic carbocycles. The lowest BCUT2D eigenvalue weighted by atomic mass is 9.86. The number of amides is 1. The van der Waals surface area contributed by atoms with Crippen molar-refractivity contribution in [3.63, 3.8) is 0 Å². The molecular weight excluding hydrogens is 356 g/mol. The molecule has 2 unspecified atom stereocenters. The quantitative estimate of drug-likeness (QED) is 0.718. The van der Waals surface area contributed by atoms with E-state index in [-0.39, 0.29) is 17.2 Å². The van der Waals surface area contributed by atoms with E-state index in [0.717, 1.165) is 17.0 Å². The number of carbonyl (C=O) groups excluding carboxylic acids is 1. The Morgan fingerprint density at radius 3 is 2.44 bits per heavy atom. The number of benzene rings is 1. The zero-order valence-electron chi connectivity index (χ0n) is 15.6. The van der Waals surface area contributed by atoms with Gasteiger partial charge in [-0.3, -0.25) is 9.78 Å². The molecule has 4 rings (SSSR count). The van der Waals surface area contributed by atoms with Gasteiger partial charge in [-0.1, -0.05) is 56.4 Å². The summed E-state index contributed by atoms with van der Waals surface area (Å²) in [6, 6.07) is 12.4. The Bertz CT molecular complexity index is 944. The van der Waals surface area contributed by atoms with Gasteiger partial charge >= 0.3 is 0 Å². The van der Waals surface area contributed by atoms with Crippen molar-refractivity contribution < 1.29 is 4.79 Å². The molecule has 1 amide bonds. The molecule has 5 nitrogen and oxygen atoms in total. The van der Waals surface area contributed by atoms with Crippen molar-refractivity contribution in [2.75, 3.05) is 5.32 Å². The maximum atomic E-state index is 12.5. The average Bonchev–Trinajstić information content (AvgIpc) is 3.34. The molecule has 0 radical (unpaired) electrons. The highest BCUT2D eigenvalue weighted by Crippen LogP contribution is 2.48. The van der Waals surface area contributed by atoms with Crippen molar-refractivity contribution in [2.45, 2.75) is 38.5 Å². The Morgan fingerprint density at radius 1 is 1.07 bits per heavy atom. The molecule has 3 aromatic rings. The van der Waals surface area contributed by atoms with Gasteiger partial charge in [0.1, 0.15) is 5.01 Å². The minimum absolute atomic E-state index is 0.0127. The molecule has 0 saturated heterocycles. The zero-order valence-corrected chi connectivity index (χ0v) is 16.5. The van der Waals surface area contributed by atoms with Gasteiger partial charge in [0.25, 0.3) is 0 Å². The minimum atomic E-state index is 0.0127. The summed E-state index contributed by atoms with van der Waals surface area (Å²) in [7, 11) is 0. The third kappa shape index (κ3) is 3.90. The van der Waals surface area contributed by atoms with Crippen LogP contribution in [0.3, 0.4) is 0 Å². The van der Waals surface area contributed by atoms with Gasteiger partial charge in [-0.15, -0.1) is 10.2 Å². The lowest BCUT2D eigenvalue weighted by molar-refractivity contribution is -0.117. The van der Waals surface area contributed by atoms with Gasteiger partial charge in [-0.05, 0) is 41.0 Å². The highest BCUT2D eigenvalue weighted by molar-refractivity contribution is 7.18. The molecule has 1 aliphatic rings. The van der Waals surface area contributed by atoms with Crippen molar-refractivity contribution in [3.8, 4) is 10.6 Å². The number of nitrogens with one attached hydrogen (secondary N) is 1. The SMILES string of the molecule is CC(C)(C)c1ccc(C2CC2C(=O)Nc2nnc(-c3ccncc3)s2)cc1. The van der Waals surface area contributed by atoms with E-state index >= 15 is 0 Å². The number of anilines is 1. The number of rotatable bonds is 4. The van der Waals surface area contributed by atoms with Gasteiger partial charge in [0, 0.05) is 23.9 Å². The van der Waals surface area contributed by atoms with Crippen molar-refractivity contribution in [2.24, 2.45) is 5.92 Å². The van der Waals surface area contributed by atoms with Crippen molar-refractivity contribution >= 4 is 22.4 Å². The third-order valence-corrected chi connectivity index (χ3v) is 5.80. The lowest BCUT2D eigenvalue weighted by Gasteiger charge is -2.19. The van der Waals surface area contributed by atoms with Crippen LogP contribution in [0.15, 0.2) is 48.8 Å². The Kier molecular flexibility index (Phi) is 4.52. The molecule has 2 atom stereocenters. The van der Waals surface area contributed by atoms with Gasteiger partial charge in [-0.25, -0.2) is 0 Å². The van der Waals surface area contributed by atoms with Crippen LogP contribution in [0.5, 0.6) is 0 Å². The second-order valence-corrected chi connectivity index (χ2v) is 8.94. The summed E-state index contributed by atoms with van der Waals surface area (Å²) >= 11 is 1.38. The van der Waals surface area contributed by atoms with Crippen LogP contribution in [-0.2, 0) is 10.2 Å². The van der Waals surface area contributed by atoms with Crippen molar-refractivity contribution in [1.29, 1.82) is 0 Å². The molecule has 27 heavy (non-hydrogen) atoms. The van der Waals surface area contributed by atoms with Crippen LogP contribution in [0.4, 0.5) is 5.13 Å². The molecular formula is C21H22N4OS. The number of nitrogens with zero attached hydrogens (tertiary/aromatic N) is 3. The first-order valence-corrected chi connectivity index (χ1v) is 9.89. The molecule has 1 aromatic carbocycles. The van der Waals surface area contributed by atoms with E-state index in [1.165, 1.54) is 22.5 Å². The fraction of sp³-hybridized carbons (Fsp3) is 0.333. The van der Waals surface area contributed by atoms with E-state index in [9.17, 15) is 4.79 Å². The summed E-state index contributed by atoms with van der Waals surface area (Å²) in [5.41, 5.74) is 3.64. The molecule has 2 heterocycles. The summed E-state index contributed by atoms with van der Waals surface area (Å²) in [4.78, 5) is 16.5. The summed E-state index contributed by atoms with van der Waals surface area (Å²) in [6.07, 6.45) is 4.32. The summed E-state index contributed by atoms with van der Waals surface area (Å²) in [6.45, 7) is 6.62. The van der Waals surface area contributed by atoms with Crippen LogP contribution in [0.1, 0.15) is 44.2 Å². The Morgan fingerprint density at radius 2 is 1.78 bits per heavy atom. The number of aromatic nitrogens is 3. The third-order valence-electron chi connectivity index (χ3n) is 4.91. The van der Waals surface area contributed by atoms with Crippen LogP contribution in [0, 0.1) is 5.92 Å². The predicted molar refractivity (Wildman–Crippen MR) is 108 cm³/mol. The standard InChI is InChI=1S/C21H22N4OS/c1-21(2,3)15-6-4-13(5-7-15)16-12-17(16)18(26)23-20-25-24-19(27-20)14-8-10-22-11-9-14/h4-11,16-17H,12H2,1-3H3,(H,23,25,26). The second-order valence-electron chi connectivity index (χ2n) is 7.96. The highest BCUT2D eigenvalue weighted by atomic mass is 32.1. The number of hydrogen-bond donors (Lipinski definition) is 1. The normalized spacial score (nSPS) is 18.9. The van der Waals surface area contributed by atoms with Gasteiger partial charge in [0.2, 0.25) is 11.0 Å². The van der Waals surface area contributed by atoms with E-state index in [1.807, 2.05) is 12.1 Å². The topological polar surface area (TPSA) is 67.8 Å². The van der Waals surface area contributed by atoms with E-state index in [1.54, 1.807) is 12.4 Å². The Hall–Kier alpha value is -2.60. The molecule has 6 heteroatoms. The summed E-state index contributed by atoms with van der Waals surface area (Å²) in [5, 5.41) is 12.5. The zero-order chi connectivity index (χ0) is 19.0. The molecule has 1 N–H and O–H groups in total. The molecule has 138 valence electrons. The average molecular weight is 379 g/mol. The number of carbonyl (C=O) groups is 1. The minimum Gasteiger partial charge on any atom is -0.300 e. The monoisotopic (exact) mass is 378 g/mol. The van der Waals surface area contributed by atoms with Gasteiger partial charge in [-0.2, -0.15) is 0 Å². The van der Waals surface area contributed by atoms with Gasteiger partial charge in [0.05, 0.1) is 0 Å². The number of pyridine rings is 1. The predicted octanol–water partition coefficient (Wildman–Crippen LogP) is 4.64. The maximum Gasteiger partial charge on any atom is 0.229 e. The van der Waals surface area contributed by atoms with Crippen molar-refractivity contribution in [1.82, 2.24) is 15.2 Å². The van der Waals surface area contributed by atoms with Crippen LogP contribution in [0.2, 0.25) is 0 Å². The molecule has 1 saturated carbocycles. The first kappa shape index (κ1) is 17.8. The fourth-order valence-electron chi connectivity index (χ4n) is 3.17. The first-order chi connectivity index (χ1) is 12.9. The Balaban J connectivity index is 1.39. The lowest BCUT2D eigenvalue weighted by Crippen LogP contribution is -2.14. The van der Waals surface area contributed by atoms with Crippen LogP contribution < -0.4 is 5.32 Å². The van der Waals surface area contributed by atoms with E-state index in [0.29, 0.717) is 11.0 Å². The molecule has 0 aliphatic heterocycles. The molecule has 2 aromatic heterocycles. The van der Waals surface area contributed by atoms with Crippen LogP contribution in [0.25, 0.3) is 10.6 Å². The smallest absolute Gasteiger partial charge is 0.229 e. The van der Waals surface area contributed by atoms with E-state index in [4.69, 9.17) is 0 Å². The Labute approximate surface area is 162 Å². The molecule has 0 bridgehead atoms. The van der Waals surface area contributed by atoms with Gasteiger partial charge < -0.3 is 5.32 Å². The highest BCUT2D eigenvalue weighted by Gasteiger charge is 2.44. The second kappa shape index (κ2) is 6.85. The van der Waals surface area contributed by atoms with E-state index < -0.39 is 0 Å². The van der Waals surface area contributed by atoms with Gasteiger partial charge in [0.15, 0.2) is 0 Å². The largest absolute Gasteiger partial charge is 0.300 e.